The van der Waals surface area contributed by atoms with Gasteiger partial charge in [0.05, 0.1) is 18.8 Å². The van der Waals surface area contributed by atoms with Crippen molar-refractivity contribution in [2.75, 3.05) is 13.2 Å². The van der Waals surface area contributed by atoms with Gasteiger partial charge >= 0.3 is 6.16 Å². The second kappa shape index (κ2) is 8.36. The van der Waals surface area contributed by atoms with Crippen molar-refractivity contribution < 1.29 is 28.0 Å². The number of nitrogens with zero attached hydrogens (tertiary/aromatic N) is 2. The normalized spacial score (nSPS) is 12.9. The van der Waals surface area contributed by atoms with Crippen LogP contribution in [0.2, 0.25) is 0 Å². The third-order valence-corrected chi connectivity index (χ3v) is 4.80. The molecular weight excluding hydrogens is 391 g/mol. The summed E-state index contributed by atoms with van der Waals surface area (Å²) in [6.07, 6.45) is -0.226. The summed E-state index contributed by atoms with van der Waals surface area (Å²) in [7, 11) is 0. The van der Waals surface area contributed by atoms with E-state index in [0.29, 0.717) is 42.1 Å². The van der Waals surface area contributed by atoms with Gasteiger partial charge in [0.2, 0.25) is 0 Å². The highest BCUT2D eigenvalue weighted by Gasteiger charge is 2.28. The fraction of sp³-hybridized carbons (Fsp3) is 0.227. The largest absolute Gasteiger partial charge is 0.513 e. The maximum atomic E-state index is 13.2. The fourth-order valence-corrected chi connectivity index (χ4v) is 3.31. The van der Waals surface area contributed by atoms with E-state index < -0.39 is 6.16 Å². The molecule has 0 bridgehead atoms. The predicted molar refractivity (Wildman–Crippen MR) is 104 cm³/mol. The van der Waals surface area contributed by atoms with E-state index in [1.54, 1.807) is 48.2 Å². The highest BCUT2D eigenvalue weighted by molar-refractivity contribution is 5.94. The summed E-state index contributed by atoms with van der Waals surface area (Å²) >= 11 is 0. The third-order valence-electron chi connectivity index (χ3n) is 4.80. The Hall–Kier alpha value is -3.68. The van der Waals surface area contributed by atoms with Gasteiger partial charge in [-0.25, -0.2) is 9.18 Å². The van der Waals surface area contributed by atoms with E-state index in [2.05, 4.69) is 5.16 Å². The number of carbonyl (C=O) groups excluding carboxylic acids is 2. The number of halogens is 1. The van der Waals surface area contributed by atoms with Gasteiger partial charge in [0, 0.05) is 29.7 Å². The molecule has 1 aliphatic heterocycles. The van der Waals surface area contributed by atoms with Crippen molar-refractivity contribution in [2.24, 2.45) is 0 Å². The zero-order valence-corrected chi connectivity index (χ0v) is 16.3. The number of hydrogen-bond acceptors (Lipinski definition) is 6. The van der Waals surface area contributed by atoms with Crippen LogP contribution in [0.3, 0.4) is 0 Å². The molecule has 0 atom stereocenters. The first-order valence-corrected chi connectivity index (χ1v) is 9.52. The van der Waals surface area contributed by atoms with Gasteiger partial charge in [-0.15, -0.1) is 0 Å². The van der Waals surface area contributed by atoms with E-state index >= 15 is 0 Å². The van der Waals surface area contributed by atoms with E-state index in [0.717, 1.165) is 11.3 Å². The van der Waals surface area contributed by atoms with Gasteiger partial charge in [0.25, 0.3) is 5.91 Å². The molecule has 0 spiro atoms. The first-order chi connectivity index (χ1) is 14.5. The standard InChI is InChI=1S/C22H19FN2O5/c1-2-28-22(27)29-17-9-5-15(6-10-17)21(26)25-12-11-19-18(13-25)20(30-24-19)14-3-7-16(23)8-4-14/h3-10H,2,11-13H2,1H3. The van der Waals surface area contributed by atoms with Gasteiger partial charge in [-0.3, -0.25) is 4.79 Å². The second-order valence-electron chi connectivity index (χ2n) is 6.73. The molecule has 4 rings (SSSR count). The first-order valence-electron chi connectivity index (χ1n) is 9.52. The van der Waals surface area contributed by atoms with Gasteiger partial charge in [0.1, 0.15) is 11.6 Å². The average molecular weight is 410 g/mol. The van der Waals surface area contributed by atoms with Crippen molar-refractivity contribution in [1.82, 2.24) is 10.1 Å². The van der Waals surface area contributed by atoms with E-state index in [1.807, 2.05) is 0 Å². The summed E-state index contributed by atoms with van der Waals surface area (Å²) in [5, 5.41) is 4.11. The molecular formula is C22H19FN2O5. The monoisotopic (exact) mass is 410 g/mol. The number of benzene rings is 2. The molecule has 154 valence electrons. The Morgan fingerprint density at radius 3 is 2.57 bits per heavy atom. The molecule has 0 unspecified atom stereocenters. The van der Waals surface area contributed by atoms with Crippen molar-refractivity contribution in [3.63, 3.8) is 0 Å². The minimum Gasteiger partial charge on any atom is -0.434 e. The highest BCUT2D eigenvalue weighted by atomic mass is 19.1. The number of ether oxygens (including phenoxy) is 2. The van der Waals surface area contributed by atoms with Crippen LogP contribution in [0.5, 0.6) is 5.75 Å². The fourth-order valence-electron chi connectivity index (χ4n) is 3.31. The topological polar surface area (TPSA) is 81.9 Å². The van der Waals surface area contributed by atoms with Crippen molar-refractivity contribution in [2.45, 2.75) is 19.9 Å². The summed E-state index contributed by atoms with van der Waals surface area (Å²) < 4.78 is 28.4. The average Bonchev–Trinajstić information content (AvgIpc) is 3.18. The summed E-state index contributed by atoms with van der Waals surface area (Å²) in [6.45, 7) is 2.74. The summed E-state index contributed by atoms with van der Waals surface area (Å²) in [4.78, 5) is 26.0. The van der Waals surface area contributed by atoms with Gasteiger partial charge in [0.15, 0.2) is 5.76 Å². The van der Waals surface area contributed by atoms with Crippen LogP contribution in [-0.4, -0.2) is 35.3 Å². The van der Waals surface area contributed by atoms with Crippen LogP contribution in [0.25, 0.3) is 11.3 Å². The SMILES string of the molecule is CCOC(=O)Oc1ccc(C(=O)N2CCc3noc(-c4ccc(F)cc4)c3C2)cc1. The van der Waals surface area contributed by atoms with Crippen molar-refractivity contribution in [3.8, 4) is 17.1 Å². The lowest BCUT2D eigenvalue weighted by Crippen LogP contribution is -2.35. The molecule has 2 aromatic carbocycles. The lowest BCUT2D eigenvalue weighted by atomic mass is 10.0. The molecule has 0 radical (unpaired) electrons. The molecule has 1 aliphatic rings. The number of carbonyl (C=O) groups is 2. The Labute approximate surface area is 172 Å². The molecule has 0 saturated carbocycles. The molecule has 8 heteroatoms. The number of aromatic nitrogens is 1. The zero-order valence-electron chi connectivity index (χ0n) is 16.3. The number of amides is 1. The van der Waals surface area contributed by atoms with Crippen molar-refractivity contribution in [3.05, 3.63) is 71.2 Å². The van der Waals surface area contributed by atoms with E-state index in [4.69, 9.17) is 14.0 Å². The van der Waals surface area contributed by atoms with Crippen LogP contribution in [0.15, 0.2) is 53.1 Å². The van der Waals surface area contributed by atoms with E-state index in [1.165, 1.54) is 12.1 Å². The van der Waals surface area contributed by atoms with E-state index in [-0.39, 0.29) is 18.3 Å². The second-order valence-corrected chi connectivity index (χ2v) is 6.73. The van der Waals surface area contributed by atoms with Crippen LogP contribution >= 0.6 is 0 Å². The van der Waals surface area contributed by atoms with Crippen molar-refractivity contribution in [1.29, 1.82) is 0 Å². The van der Waals surface area contributed by atoms with Gasteiger partial charge in [-0.1, -0.05) is 5.16 Å². The Balaban J connectivity index is 1.49. The number of fused-ring (bicyclic) bond motifs is 1. The van der Waals surface area contributed by atoms with E-state index in [9.17, 15) is 14.0 Å². The zero-order chi connectivity index (χ0) is 21.1. The van der Waals surface area contributed by atoms with Crippen LogP contribution in [0, 0.1) is 5.82 Å². The van der Waals surface area contributed by atoms with Crippen LogP contribution < -0.4 is 4.74 Å². The molecule has 0 saturated heterocycles. The summed E-state index contributed by atoms with van der Waals surface area (Å²) in [5.74, 6) is 0.346. The molecule has 0 N–H and O–H groups in total. The molecule has 30 heavy (non-hydrogen) atoms. The van der Waals surface area contributed by atoms with Crippen LogP contribution in [0.1, 0.15) is 28.5 Å². The minimum absolute atomic E-state index is 0.158. The van der Waals surface area contributed by atoms with Crippen LogP contribution in [-0.2, 0) is 17.7 Å². The smallest absolute Gasteiger partial charge is 0.434 e. The predicted octanol–water partition coefficient (Wildman–Crippen LogP) is 4.21. The quantitative estimate of drug-likeness (QED) is 0.473. The molecule has 0 fully saturated rings. The number of rotatable bonds is 4. The molecule has 7 nitrogen and oxygen atoms in total. The Morgan fingerprint density at radius 1 is 1.13 bits per heavy atom. The van der Waals surface area contributed by atoms with Gasteiger partial charge in [-0.2, -0.15) is 0 Å². The highest BCUT2D eigenvalue weighted by Crippen LogP contribution is 2.31. The summed E-state index contributed by atoms with van der Waals surface area (Å²) in [6, 6.07) is 12.2. The Kier molecular flexibility index (Phi) is 5.47. The molecule has 1 aromatic heterocycles. The summed E-state index contributed by atoms with van der Waals surface area (Å²) in [5.41, 5.74) is 2.80. The maximum absolute atomic E-state index is 13.2. The maximum Gasteiger partial charge on any atom is 0.513 e. The Bertz CT molecular complexity index is 1060. The minimum atomic E-state index is -0.791. The third kappa shape index (κ3) is 4.03. The first kappa shape index (κ1) is 19.6. The molecule has 3 aromatic rings. The molecule has 1 amide bonds. The lowest BCUT2D eigenvalue weighted by molar-refractivity contribution is 0.0734. The van der Waals surface area contributed by atoms with Crippen molar-refractivity contribution >= 4 is 12.1 Å². The lowest BCUT2D eigenvalue weighted by Gasteiger charge is -2.26. The molecule has 2 heterocycles. The molecule has 0 aliphatic carbocycles. The Morgan fingerprint density at radius 2 is 1.87 bits per heavy atom. The van der Waals surface area contributed by atoms with Crippen LogP contribution in [0.4, 0.5) is 9.18 Å². The van der Waals surface area contributed by atoms with Gasteiger partial charge < -0.3 is 18.9 Å². The number of hydrogen-bond donors (Lipinski definition) is 0. The van der Waals surface area contributed by atoms with Gasteiger partial charge in [-0.05, 0) is 55.5 Å².